The van der Waals surface area contributed by atoms with E-state index in [2.05, 4.69) is 9.97 Å². The van der Waals surface area contributed by atoms with E-state index in [1.807, 2.05) is 54.6 Å². The summed E-state index contributed by atoms with van der Waals surface area (Å²) in [5.74, 6) is 0.687. The van der Waals surface area contributed by atoms with Crippen molar-refractivity contribution < 1.29 is 8.42 Å². The van der Waals surface area contributed by atoms with Gasteiger partial charge in [-0.3, -0.25) is 0 Å². The number of halogens is 1. The highest BCUT2D eigenvalue weighted by Gasteiger charge is 2.15. The van der Waals surface area contributed by atoms with Crippen molar-refractivity contribution in [3.8, 4) is 11.1 Å². The maximum atomic E-state index is 11.9. The highest BCUT2D eigenvalue weighted by molar-refractivity contribution is 7.89. The third-order valence-electron chi connectivity index (χ3n) is 4.29. The quantitative estimate of drug-likeness (QED) is 0.512. The van der Waals surface area contributed by atoms with Crippen LogP contribution >= 0.6 is 11.6 Å². The number of fused-ring (bicyclic) bond motifs is 1. The van der Waals surface area contributed by atoms with Gasteiger partial charge < -0.3 is 4.98 Å². The summed E-state index contributed by atoms with van der Waals surface area (Å²) in [7, 11) is -3.82. The predicted molar refractivity (Wildman–Crippen MR) is 113 cm³/mol. The smallest absolute Gasteiger partial charge is 0.238 e. The van der Waals surface area contributed by atoms with E-state index in [1.54, 1.807) is 18.2 Å². The molecule has 7 heteroatoms. The zero-order chi connectivity index (χ0) is 19.7. The van der Waals surface area contributed by atoms with Gasteiger partial charge in [-0.2, -0.15) is 0 Å². The average molecular weight is 410 g/mol. The fourth-order valence-corrected chi connectivity index (χ4v) is 3.97. The Balaban J connectivity index is 1.72. The molecule has 3 N–H and O–H groups in total. The summed E-state index contributed by atoms with van der Waals surface area (Å²) in [6, 6.07) is 19.7. The summed E-state index contributed by atoms with van der Waals surface area (Å²) in [6.07, 6.45) is 3.78. The maximum absolute atomic E-state index is 11.9. The van der Waals surface area contributed by atoms with Gasteiger partial charge in [0.25, 0.3) is 0 Å². The average Bonchev–Trinajstić information content (AvgIpc) is 3.08. The highest BCUT2D eigenvalue weighted by atomic mass is 35.5. The topological polar surface area (TPSA) is 88.8 Å². The molecule has 3 aromatic carbocycles. The van der Waals surface area contributed by atoms with Crippen molar-refractivity contribution in [1.29, 1.82) is 0 Å². The molecular formula is C21H16ClN3O2S. The lowest BCUT2D eigenvalue weighted by molar-refractivity contribution is 0.598. The maximum Gasteiger partial charge on any atom is 0.238 e. The second-order valence-electron chi connectivity index (χ2n) is 6.28. The van der Waals surface area contributed by atoms with Crippen LogP contribution in [0, 0.1) is 0 Å². The van der Waals surface area contributed by atoms with Crippen molar-refractivity contribution in [1.82, 2.24) is 9.97 Å². The monoisotopic (exact) mass is 409 g/mol. The lowest BCUT2D eigenvalue weighted by Crippen LogP contribution is -2.13. The van der Waals surface area contributed by atoms with Gasteiger partial charge in [-0.15, -0.1) is 0 Å². The Morgan fingerprint density at radius 3 is 2.57 bits per heavy atom. The van der Waals surface area contributed by atoms with Crippen molar-refractivity contribution in [3.05, 3.63) is 83.1 Å². The van der Waals surface area contributed by atoms with Crippen LogP contribution in [0.2, 0.25) is 5.02 Å². The molecule has 1 aromatic heterocycles. The summed E-state index contributed by atoms with van der Waals surface area (Å²) in [6.45, 7) is 0. The van der Waals surface area contributed by atoms with Gasteiger partial charge in [0.1, 0.15) is 5.82 Å². The second-order valence-corrected chi connectivity index (χ2v) is 8.25. The molecule has 1 heterocycles. The number of H-pyrrole nitrogens is 1. The van der Waals surface area contributed by atoms with Crippen LogP contribution in [0.3, 0.4) is 0 Å². The van der Waals surface area contributed by atoms with Crippen molar-refractivity contribution in [3.63, 3.8) is 0 Å². The minimum atomic E-state index is -3.82. The van der Waals surface area contributed by atoms with Crippen molar-refractivity contribution in [2.24, 2.45) is 5.14 Å². The number of nitrogens with one attached hydrogen (secondary N) is 1. The molecule has 5 nitrogen and oxygen atoms in total. The molecule has 28 heavy (non-hydrogen) atoms. The summed E-state index contributed by atoms with van der Waals surface area (Å²) < 4.78 is 23.8. The van der Waals surface area contributed by atoms with Gasteiger partial charge >= 0.3 is 0 Å². The van der Waals surface area contributed by atoms with Crippen molar-refractivity contribution in [2.45, 2.75) is 4.90 Å². The minimum absolute atomic E-state index is 0.0925. The first-order valence-electron chi connectivity index (χ1n) is 8.46. The first-order chi connectivity index (χ1) is 13.4. The van der Waals surface area contributed by atoms with E-state index in [0.29, 0.717) is 16.4 Å². The molecular weight excluding hydrogens is 394 g/mol. The molecule has 0 aliphatic rings. The molecule has 140 valence electrons. The Bertz CT molecular complexity index is 1310. The standard InChI is InChI=1S/C21H16ClN3O2S/c22-16-5-3-4-14(12-16)8-11-21-24-18-10-9-15(13-19(18)25-21)17-6-1-2-7-20(17)28(23,26)27/h1-13H,(H,24,25)(H2,23,26,27). The second kappa shape index (κ2) is 7.24. The number of benzene rings is 3. The van der Waals surface area contributed by atoms with Gasteiger partial charge in [-0.1, -0.05) is 54.1 Å². The largest absolute Gasteiger partial charge is 0.338 e. The number of nitrogens with zero attached hydrogens (tertiary/aromatic N) is 1. The number of aromatic amines is 1. The summed E-state index contributed by atoms with van der Waals surface area (Å²) in [5, 5.41) is 6.02. The Morgan fingerprint density at radius 2 is 1.79 bits per heavy atom. The third kappa shape index (κ3) is 3.84. The van der Waals surface area contributed by atoms with Crippen LogP contribution in [0.4, 0.5) is 0 Å². The Morgan fingerprint density at radius 1 is 0.964 bits per heavy atom. The first kappa shape index (κ1) is 18.4. The molecule has 0 fully saturated rings. The van der Waals surface area contributed by atoms with Crippen LogP contribution in [0.25, 0.3) is 34.3 Å². The van der Waals surface area contributed by atoms with Gasteiger partial charge in [0.15, 0.2) is 0 Å². The molecule has 0 saturated carbocycles. The molecule has 4 rings (SSSR count). The highest BCUT2D eigenvalue weighted by Crippen LogP contribution is 2.29. The third-order valence-corrected chi connectivity index (χ3v) is 5.49. The zero-order valence-corrected chi connectivity index (χ0v) is 16.2. The molecule has 0 bridgehead atoms. The van der Waals surface area contributed by atoms with E-state index in [4.69, 9.17) is 16.7 Å². The number of primary sulfonamides is 1. The number of aromatic nitrogens is 2. The lowest BCUT2D eigenvalue weighted by Gasteiger charge is -2.07. The Kier molecular flexibility index (Phi) is 4.77. The summed E-state index contributed by atoms with van der Waals surface area (Å²) in [4.78, 5) is 7.87. The molecule has 0 spiro atoms. The molecule has 0 atom stereocenters. The molecule has 4 aromatic rings. The van der Waals surface area contributed by atoms with E-state index in [1.165, 1.54) is 6.07 Å². The van der Waals surface area contributed by atoms with E-state index in [0.717, 1.165) is 22.2 Å². The predicted octanol–water partition coefficient (Wildman–Crippen LogP) is 4.70. The fraction of sp³-hybridized carbons (Fsp3) is 0. The molecule has 0 saturated heterocycles. The molecule has 0 amide bonds. The fourth-order valence-electron chi connectivity index (χ4n) is 3.01. The van der Waals surface area contributed by atoms with Gasteiger partial charge in [0.05, 0.1) is 15.9 Å². The minimum Gasteiger partial charge on any atom is -0.338 e. The Labute approximate surface area is 167 Å². The SMILES string of the molecule is NS(=O)(=O)c1ccccc1-c1ccc2nc(C=Cc3cccc(Cl)c3)[nH]c2c1. The molecule has 0 radical (unpaired) electrons. The molecule has 0 unspecified atom stereocenters. The number of nitrogens with two attached hydrogens (primary N) is 1. The van der Waals surface area contributed by atoms with Gasteiger partial charge in [0, 0.05) is 10.6 Å². The normalized spacial score (nSPS) is 12.1. The van der Waals surface area contributed by atoms with Gasteiger partial charge in [-0.05, 0) is 47.5 Å². The first-order valence-corrected chi connectivity index (χ1v) is 10.4. The summed E-state index contributed by atoms with van der Waals surface area (Å²) in [5.41, 5.74) is 3.84. The summed E-state index contributed by atoms with van der Waals surface area (Å²) >= 11 is 6.00. The lowest BCUT2D eigenvalue weighted by atomic mass is 10.1. The van der Waals surface area contributed by atoms with E-state index in [-0.39, 0.29) is 4.90 Å². The number of hydrogen-bond acceptors (Lipinski definition) is 3. The van der Waals surface area contributed by atoms with Crippen LogP contribution in [0.15, 0.2) is 71.6 Å². The van der Waals surface area contributed by atoms with Crippen LogP contribution in [0.1, 0.15) is 11.4 Å². The van der Waals surface area contributed by atoms with Crippen molar-refractivity contribution in [2.75, 3.05) is 0 Å². The molecule has 0 aliphatic heterocycles. The Hall–Kier alpha value is -2.93. The number of imidazole rings is 1. The van der Waals surface area contributed by atoms with Crippen LogP contribution in [-0.2, 0) is 10.0 Å². The number of sulfonamides is 1. The van der Waals surface area contributed by atoms with E-state index < -0.39 is 10.0 Å². The zero-order valence-electron chi connectivity index (χ0n) is 14.6. The van der Waals surface area contributed by atoms with Crippen LogP contribution in [-0.4, -0.2) is 18.4 Å². The van der Waals surface area contributed by atoms with Crippen LogP contribution in [0.5, 0.6) is 0 Å². The number of hydrogen-bond donors (Lipinski definition) is 2. The molecule has 0 aliphatic carbocycles. The van der Waals surface area contributed by atoms with Crippen LogP contribution < -0.4 is 5.14 Å². The van der Waals surface area contributed by atoms with E-state index >= 15 is 0 Å². The van der Waals surface area contributed by atoms with Crippen molar-refractivity contribution >= 4 is 44.8 Å². The van der Waals surface area contributed by atoms with Gasteiger partial charge in [-0.25, -0.2) is 18.5 Å². The van der Waals surface area contributed by atoms with E-state index in [9.17, 15) is 8.42 Å². The van der Waals surface area contributed by atoms with Gasteiger partial charge in [0.2, 0.25) is 10.0 Å². The number of rotatable bonds is 4.